The number of hydrogen-bond donors (Lipinski definition) is 0. The van der Waals surface area contributed by atoms with Crippen LogP contribution in [0.15, 0.2) is 36.5 Å². The van der Waals surface area contributed by atoms with Crippen molar-refractivity contribution in [1.29, 1.82) is 0 Å². The molecular weight excluding hydrogens is 347 g/mol. The van der Waals surface area contributed by atoms with Crippen molar-refractivity contribution in [3.63, 3.8) is 0 Å². The summed E-state index contributed by atoms with van der Waals surface area (Å²) in [5.74, 6) is 0. The third kappa shape index (κ3) is 1.89. The lowest BCUT2D eigenvalue weighted by Crippen LogP contribution is -1.95. The molecule has 0 radical (unpaired) electrons. The first-order chi connectivity index (χ1) is 8.28. The molecule has 2 aromatic heterocycles. The van der Waals surface area contributed by atoms with Gasteiger partial charge in [-0.2, -0.15) is 0 Å². The fourth-order valence-corrected chi connectivity index (χ4v) is 3.37. The smallest absolute Gasteiger partial charge is 0.195 e. The van der Waals surface area contributed by atoms with Crippen LogP contribution in [-0.2, 0) is 0 Å². The van der Waals surface area contributed by atoms with Crippen LogP contribution in [0, 0.1) is 3.57 Å². The molecule has 0 saturated carbocycles. The number of benzene rings is 1. The van der Waals surface area contributed by atoms with E-state index in [1.165, 1.54) is 3.57 Å². The van der Waals surface area contributed by atoms with Gasteiger partial charge in [-0.25, -0.2) is 4.98 Å². The van der Waals surface area contributed by atoms with Crippen LogP contribution >= 0.6 is 33.9 Å². The van der Waals surface area contributed by atoms with Crippen LogP contribution in [0.4, 0.5) is 0 Å². The highest BCUT2D eigenvalue weighted by atomic mass is 127. The van der Waals surface area contributed by atoms with E-state index in [9.17, 15) is 4.79 Å². The van der Waals surface area contributed by atoms with Crippen LogP contribution < -0.4 is 0 Å². The number of thiazole rings is 1. The highest BCUT2D eigenvalue weighted by Crippen LogP contribution is 2.27. The average molecular weight is 354 g/mol. The fraction of sp³-hybridized carbons (Fsp3) is 0. The predicted octanol–water partition coefficient (Wildman–Crippen LogP) is 3.50. The lowest BCUT2D eigenvalue weighted by atomic mass is 10.3. The predicted molar refractivity (Wildman–Crippen MR) is 77.1 cm³/mol. The van der Waals surface area contributed by atoms with Crippen molar-refractivity contribution in [3.05, 3.63) is 45.8 Å². The number of carbonyl (C=O) groups excluding carboxylic acids is 1. The van der Waals surface area contributed by atoms with E-state index in [1.807, 2.05) is 29.0 Å². The molecule has 84 valence electrons. The summed E-state index contributed by atoms with van der Waals surface area (Å²) in [5.41, 5.74) is 1.59. The third-order valence-electron chi connectivity index (χ3n) is 2.45. The van der Waals surface area contributed by atoms with Gasteiger partial charge in [-0.1, -0.05) is 11.3 Å². The number of aldehydes is 1. The first-order valence-electron chi connectivity index (χ1n) is 4.97. The van der Waals surface area contributed by atoms with Crippen LogP contribution in [0.2, 0.25) is 0 Å². The highest BCUT2D eigenvalue weighted by molar-refractivity contribution is 14.1. The van der Waals surface area contributed by atoms with Crippen molar-refractivity contribution in [2.45, 2.75) is 0 Å². The highest BCUT2D eigenvalue weighted by Gasteiger charge is 2.08. The molecule has 1 aromatic carbocycles. The molecule has 0 aliphatic rings. The van der Waals surface area contributed by atoms with Crippen molar-refractivity contribution in [2.24, 2.45) is 0 Å². The zero-order valence-corrected chi connectivity index (χ0v) is 11.6. The standard InChI is InChI=1S/C12H7IN2OS/c13-8-3-4-10-11(6-8)17-12(14-10)15-5-1-2-9(15)7-16/h1-7H. The van der Waals surface area contributed by atoms with Crippen LogP contribution in [-0.4, -0.2) is 15.8 Å². The minimum Gasteiger partial charge on any atom is -0.296 e. The molecule has 3 rings (SSSR count). The van der Waals surface area contributed by atoms with Gasteiger partial charge < -0.3 is 0 Å². The van der Waals surface area contributed by atoms with Gasteiger partial charge in [0, 0.05) is 9.77 Å². The number of carbonyl (C=O) groups is 1. The van der Waals surface area contributed by atoms with Gasteiger partial charge in [0.2, 0.25) is 0 Å². The number of fused-ring (bicyclic) bond motifs is 1. The average Bonchev–Trinajstić information content (AvgIpc) is 2.93. The van der Waals surface area contributed by atoms with Crippen molar-refractivity contribution in [2.75, 3.05) is 0 Å². The van der Waals surface area contributed by atoms with E-state index in [4.69, 9.17) is 0 Å². The van der Waals surface area contributed by atoms with Gasteiger partial charge in [-0.15, -0.1) is 0 Å². The zero-order chi connectivity index (χ0) is 11.8. The van der Waals surface area contributed by atoms with Crippen molar-refractivity contribution < 1.29 is 4.79 Å². The van der Waals surface area contributed by atoms with Crippen molar-refractivity contribution >= 4 is 50.4 Å². The summed E-state index contributed by atoms with van der Waals surface area (Å²) in [6.07, 6.45) is 2.70. The molecule has 3 aromatic rings. The summed E-state index contributed by atoms with van der Waals surface area (Å²) in [4.78, 5) is 15.4. The van der Waals surface area contributed by atoms with Gasteiger partial charge >= 0.3 is 0 Å². The molecule has 0 aliphatic carbocycles. The SMILES string of the molecule is O=Cc1cccn1-c1nc2ccc(I)cc2s1. The summed E-state index contributed by atoms with van der Waals surface area (Å²) < 4.78 is 4.13. The van der Waals surface area contributed by atoms with E-state index in [0.717, 1.165) is 21.6 Å². The molecule has 0 N–H and O–H groups in total. The second-order valence-corrected chi connectivity index (χ2v) is 5.78. The Morgan fingerprint density at radius 2 is 2.24 bits per heavy atom. The topological polar surface area (TPSA) is 34.9 Å². The Kier molecular flexibility index (Phi) is 2.71. The quantitative estimate of drug-likeness (QED) is 0.522. The monoisotopic (exact) mass is 354 g/mol. The van der Waals surface area contributed by atoms with Gasteiger partial charge in [-0.3, -0.25) is 9.36 Å². The van der Waals surface area contributed by atoms with E-state index in [-0.39, 0.29) is 0 Å². The molecule has 0 saturated heterocycles. The Morgan fingerprint density at radius 3 is 3.06 bits per heavy atom. The molecule has 0 aliphatic heterocycles. The first kappa shape index (κ1) is 10.9. The normalized spacial score (nSPS) is 10.9. The van der Waals surface area contributed by atoms with Gasteiger partial charge in [0.05, 0.1) is 15.9 Å². The van der Waals surface area contributed by atoms with E-state index in [0.29, 0.717) is 5.69 Å². The first-order valence-corrected chi connectivity index (χ1v) is 6.86. The minimum atomic E-state index is 0.624. The molecule has 0 spiro atoms. The van der Waals surface area contributed by atoms with E-state index in [1.54, 1.807) is 17.4 Å². The molecule has 5 heteroatoms. The van der Waals surface area contributed by atoms with Gasteiger partial charge in [0.1, 0.15) is 0 Å². The molecule has 0 amide bonds. The van der Waals surface area contributed by atoms with Gasteiger partial charge in [-0.05, 0) is 52.9 Å². The van der Waals surface area contributed by atoms with Crippen LogP contribution in [0.1, 0.15) is 10.5 Å². The lowest BCUT2D eigenvalue weighted by Gasteiger charge is -1.97. The number of rotatable bonds is 2. The molecule has 3 nitrogen and oxygen atoms in total. The molecule has 0 bridgehead atoms. The number of halogens is 1. The van der Waals surface area contributed by atoms with Crippen LogP contribution in [0.3, 0.4) is 0 Å². The molecule has 0 atom stereocenters. The Balaban J connectivity index is 2.21. The maximum absolute atomic E-state index is 10.9. The Labute approximate surface area is 115 Å². The maximum atomic E-state index is 10.9. The van der Waals surface area contributed by atoms with E-state index < -0.39 is 0 Å². The summed E-state index contributed by atoms with van der Waals surface area (Å²) in [7, 11) is 0. The number of hydrogen-bond acceptors (Lipinski definition) is 3. The lowest BCUT2D eigenvalue weighted by molar-refractivity contribution is 0.111. The van der Waals surface area contributed by atoms with Gasteiger partial charge in [0.15, 0.2) is 11.4 Å². The van der Waals surface area contributed by atoms with Gasteiger partial charge in [0.25, 0.3) is 0 Å². The summed E-state index contributed by atoms with van der Waals surface area (Å²) in [6.45, 7) is 0. The second-order valence-electron chi connectivity index (χ2n) is 3.53. The maximum Gasteiger partial charge on any atom is 0.195 e. The van der Waals surface area contributed by atoms with Crippen molar-refractivity contribution in [3.8, 4) is 5.13 Å². The fourth-order valence-electron chi connectivity index (χ4n) is 1.65. The van der Waals surface area contributed by atoms with E-state index >= 15 is 0 Å². The number of nitrogens with zero attached hydrogens (tertiary/aromatic N) is 2. The number of aromatic nitrogens is 2. The molecule has 17 heavy (non-hydrogen) atoms. The summed E-state index contributed by atoms with van der Waals surface area (Å²) >= 11 is 3.87. The van der Waals surface area contributed by atoms with Crippen molar-refractivity contribution in [1.82, 2.24) is 9.55 Å². The minimum absolute atomic E-state index is 0.624. The Hall–Kier alpha value is -1.21. The van der Waals surface area contributed by atoms with E-state index in [2.05, 4.69) is 33.6 Å². The molecule has 2 heterocycles. The third-order valence-corrected chi connectivity index (χ3v) is 4.13. The second kappa shape index (κ2) is 4.23. The largest absolute Gasteiger partial charge is 0.296 e. The summed E-state index contributed by atoms with van der Waals surface area (Å²) in [6, 6.07) is 9.76. The van der Waals surface area contributed by atoms with Crippen LogP contribution in [0.25, 0.3) is 15.3 Å². The molecule has 0 unspecified atom stereocenters. The Morgan fingerprint density at radius 1 is 1.35 bits per heavy atom. The summed E-state index contributed by atoms with van der Waals surface area (Å²) in [5, 5.41) is 0.828. The zero-order valence-electron chi connectivity index (χ0n) is 8.63. The Bertz CT molecular complexity index is 701. The van der Waals surface area contributed by atoms with Crippen LogP contribution in [0.5, 0.6) is 0 Å². The molecule has 0 fully saturated rings. The molecular formula is C12H7IN2OS.